The number of thioether (sulfide) groups is 1. The second-order valence-electron chi connectivity index (χ2n) is 3.66. The zero-order chi connectivity index (χ0) is 12.7. The van der Waals surface area contributed by atoms with Crippen LogP contribution in [0.4, 0.5) is 0 Å². The number of amides is 1. The smallest absolute Gasteiger partial charge is 0.237 e. The number of hydrogen-bond acceptors (Lipinski definition) is 3. The van der Waals surface area contributed by atoms with Crippen LogP contribution < -0.4 is 5.32 Å². The van der Waals surface area contributed by atoms with Gasteiger partial charge in [0.2, 0.25) is 5.91 Å². The Labute approximate surface area is 106 Å². The SMILES string of the molecule is CCC(C#N)C(=O)NCc1ccc(SC)cc1. The van der Waals surface area contributed by atoms with Gasteiger partial charge in [0.25, 0.3) is 0 Å². The molecule has 1 N–H and O–H groups in total. The molecule has 0 saturated carbocycles. The lowest BCUT2D eigenvalue weighted by Crippen LogP contribution is -2.29. The molecule has 1 aromatic rings. The Morgan fingerprint density at radius 3 is 2.59 bits per heavy atom. The lowest BCUT2D eigenvalue weighted by Gasteiger charge is -2.08. The molecular formula is C13H16N2OS. The van der Waals surface area contributed by atoms with Gasteiger partial charge in [-0.25, -0.2) is 0 Å². The third-order valence-corrected chi connectivity index (χ3v) is 3.25. The molecule has 1 amide bonds. The average molecular weight is 248 g/mol. The zero-order valence-electron chi connectivity index (χ0n) is 10.1. The highest BCUT2D eigenvalue weighted by molar-refractivity contribution is 7.98. The number of benzene rings is 1. The van der Waals surface area contributed by atoms with Gasteiger partial charge in [-0.05, 0) is 30.4 Å². The second-order valence-corrected chi connectivity index (χ2v) is 4.54. The molecule has 0 aliphatic heterocycles. The number of nitrogens with one attached hydrogen (secondary N) is 1. The van der Waals surface area contributed by atoms with Crippen LogP contribution in [-0.4, -0.2) is 12.2 Å². The van der Waals surface area contributed by atoms with Crippen LogP contribution in [0.2, 0.25) is 0 Å². The summed E-state index contributed by atoms with van der Waals surface area (Å²) >= 11 is 1.68. The predicted molar refractivity (Wildman–Crippen MR) is 69.5 cm³/mol. The van der Waals surface area contributed by atoms with Crippen molar-refractivity contribution < 1.29 is 4.79 Å². The van der Waals surface area contributed by atoms with Crippen LogP contribution in [0.3, 0.4) is 0 Å². The van der Waals surface area contributed by atoms with Gasteiger partial charge in [-0.15, -0.1) is 11.8 Å². The fourth-order valence-electron chi connectivity index (χ4n) is 1.39. The number of rotatable bonds is 5. The minimum Gasteiger partial charge on any atom is -0.351 e. The van der Waals surface area contributed by atoms with Crippen LogP contribution in [0.25, 0.3) is 0 Å². The minimum absolute atomic E-state index is 0.191. The van der Waals surface area contributed by atoms with Crippen molar-refractivity contribution in [2.45, 2.75) is 24.8 Å². The Hall–Kier alpha value is -1.47. The molecule has 0 fully saturated rings. The molecule has 1 rings (SSSR count). The number of nitrogens with zero attached hydrogens (tertiary/aromatic N) is 1. The van der Waals surface area contributed by atoms with Gasteiger partial charge in [-0.2, -0.15) is 5.26 Å². The molecule has 1 aromatic carbocycles. The number of carbonyl (C=O) groups is 1. The van der Waals surface area contributed by atoms with Crippen LogP contribution in [-0.2, 0) is 11.3 Å². The van der Waals surface area contributed by atoms with Crippen molar-refractivity contribution in [1.29, 1.82) is 5.26 Å². The molecule has 0 spiro atoms. The maximum Gasteiger partial charge on any atom is 0.237 e. The summed E-state index contributed by atoms with van der Waals surface area (Å²) < 4.78 is 0. The van der Waals surface area contributed by atoms with E-state index in [1.54, 1.807) is 11.8 Å². The van der Waals surface area contributed by atoms with E-state index in [1.165, 1.54) is 4.90 Å². The topological polar surface area (TPSA) is 52.9 Å². The third kappa shape index (κ3) is 4.12. The fraction of sp³-hybridized carbons (Fsp3) is 0.385. The van der Waals surface area contributed by atoms with Gasteiger partial charge < -0.3 is 5.32 Å². The molecule has 0 aromatic heterocycles. The Bertz CT molecular complexity index is 408. The van der Waals surface area contributed by atoms with E-state index in [-0.39, 0.29) is 5.91 Å². The number of nitriles is 1. The number of hydrogen-bond donors (Lipinski definition) is 1. The Morgan fingerprint density at radius 1 is 1.47 bits per heavy atom. The van der Waals surface area contributed by atoms with E-state index in [1.807, 2.05) is 43.5 Å². The first-order valence-corrected chi connectivity index (χ1v) is 6.74. The predicted octanol–water partition coefficient (Wildman–Crippen LogP) is 2.57. The highest BCUT2D eigenvalue weighted by Gasteiger charge is 2.14. The molecular weight excluding hydrogens is 232 g/mol. The van der Waals surface area contributed by atoms with Crippen molar-refractivity contribution >= 4 is 17.7 Å². The highest BCUT2D eigenvalue weighted by Crippen LogP contribution is 2.14. The maximum atomic E-state index is 11.6. The molecule has 0 aliphatic carbocycles. The molecule has 0 saturated heterocycles. The van der Waals surface area contributed by atoms with Crippen molar-refractivity contribution in [2.24, 2.45) is 5.92 Å². The first-order valence-electron chi connectivity index (χ1n) is 5.51. The van der Waals surface area contributed by atoms with E-state index in [2.05, 4.69) is 5.32 Å². The summed E-state index contributed by atoms with van der Waals surface area (Å²) in [6.45, 7) is 2.31. The molecule has 0 heterocycles. The average Bonchev–Trinajstić information content (AvgIpc) is 2.38. The molecule has 90 valence electrons. The summed E-state index contributed by atoms with van der Waals surface area (Å²) in [7, 11) is 0. The zero-order valence-corrected chi connectivity index (χ0v) is 10.9. The quantitative estimate of drug-likeness (QED) is 0.815. The monoisotopic (exact) mass is 248 g/mol. The second kappa shape index (κ2) is 6.97. The minimum atomic E-state index is -0.541. The normalized spacial score (nSPS) is 11.6. The molecule has 0 bridgehead atoms. The summed E-state index contributed by atoms with van der Waals surface area (Å²) in [5.41, 5.74) is 1.05. The summed E-state index contributed by atoms with van der Waals surface area (Å²) in [5, 5.41) is 11.5. The van der Waals surface area contributed by atoms with Crippen LogP contribution in [0.5, 0.6) is 0 Å². The molecule has 17 heavy (non-hydrogen) atoms. The van der Waals surface area contributed by atoms with Gasteiger partial charge in [0, 0.05) is 11.4 Å². The first-order chi connectivity index (χ1) is 8.21. The number of carbonyl (C=O) groups excluding carboxylic acids is 1. The Morgan fingerprint density at radius 2 is 2.12 bits per heavy atom. The highest BCUT2D eigenvalue weighted by atomic mass is 32.2. The van der Waals surface area contributed by atoms with Gasteiger partial charge in [0.1, 0.15) is 5.92 Å². The van der Waals surface area contributed by atoms with Crippen LogP contribution >= 0.6 is 11.8 Å². The molecule has 4 heteroatoms. The van der Waals surface area contributed by atoms with E-state index in [0.29, 0.717) is 13.0 Å². The molecule has 0 aliphatic rings. The fourth-order valence-corrected chi connectivity index (χ4v) is 1.80. The van der Waals surface area contributed by atoms with Crippen LogP contribution in [0.15, 0.2) is 29.2 Å². The summed E-state index contributed by atoms with van der Waals surface area (Å²) in [5.74, 6) is -0.732. The largest absolute Gasteiger partial charge is 0.351 e. The lowest BCUT2D eigenvalue weighted by atomic mass is 10.1. The van der Waals surface area contributed by atoms with Crippen molar-refractivity contribution in [3.05, 3.63) is 29.8 Å². The molecule has 3 nitrogen and oxygen atoms in total. The third-order valence-electron chi connectivity index (χ3n) is 2.51. The molecule has 0 radical (unpaired) electrons. The maximum absolute atomic E-state index is 11.6. The first kappa shape index (κ1) is 13.6. The van der Waals surface area contributed by atoms with Crippen molar-refractivity contribution in [3.8, 4) is 6.07 Å². The van der Waals surface area contributed by atoms with E-state index in [0.717, 1.165) is 5.56 Å². The van der Waals surface area contributed by atoms with Crippen LogP contribution in [0.1, 0.15) is 18.9 Å². The Kier molecular flexibility index (Phi) is 5.58. The lowest BCUT2D eigenvalue weighted by molar-refractivity contribution is -0.123. The Balaban J connectivity index is 2.50. The van der Waals surface area contributed by atoms with Gasteiger partial charge >= 0.3 is 0 Å². The van der Waals surface area contributed by atoms with Gasteiger partial charge in [-0.3, -0.25) is 4.79 Å². The van der Waals surface area contributed by atoms with Crippen molar-refractivity contribution in [2.75, 3.05) is 6.26 Å². The van der Waals surface area contributed by atoms with Gasteiger partial charge in [-0.1, -0.05) is 19.1 Å². The van der Waals surface area contributed by atoms with Gasteiger partial charge in [0.05, 0.1) is 6.07 Å². The summed E-state index contributed by atoms with van der Waals surface area (Å²) in [6, 6.07) is 10.0. The molecule has 1 atom stereocenters. The van der Waals surface area contributed by atoms with E-state index in [4.69, 9.17) is 5.26 Å². The standard InChI is InChI=1S/C13H16N2OS/c1-3-11(8-14)13(16)15-9-10-4-6-12(17-2)7-5-10/h4-7,11H,3,9H2,1-2H3,(H,15,16). The van der Waals surface area contributed by atoms with Crippen LogP contribution in [0, 0.1) is 17.2 Å². The van der Waals surface area contributed by atoms with E-state index >= 15 is 0 Å². The summed E-state index contributed by atoms with van der Waals surface area (Å²) in [4.78, 5) is 12.8. The van der Waals surface area contributed by atoms with E-state index in [9.17, 15) is 4.79 Å². The van der Waals surface area contributed by atoms with E-state index < -0.39 is 5.92 Å². The van der Waals surface area contributed by atoms with Crippen molar-refractivity contribution in [3.63, 3.8) is 0 Å². The van der Waals surface area contributed by atoms with Crippen molar-refractivity contribution in [1.82, 2.24) is 5.32 Å². The summed E-state index contributed by atoms with van der Waals surface area (Å²) in [6.07, 6.45) is 2.57. The van der Waals surface area contributed by atoms with Gasteiger partial charge in [0.15, 0.2) is 0 Å². The molecule has 1 unspecified atom stereocenters.